The summed E-state index contributed by atoms with van der Waals surface area (Å²) in [7, 11) is 0. The molecule has 0 unspecified atom stereocenters. The van der Waals surface area contributed by atoms with E-state index in [0.29, 0.717) is 0 Å². The molecule has 102 valence electrons. The Labute approximate surface area is 113 Å². The second kappa shape index (κ2) is 5.27. The number of nitrogen functional groups attached to an aromatic ring is 1. The summed E-state index contributed by atoms with van der Waals surface area (Å²) < 4.78 is 0. The second-order valence-electron chi connectivity index (χ2n) is 3.93. The first kappa shape index (κ1) is 13.3. The summed E-state index contributed by atoms with van der Waals surface area (Å²) in [4.78, 5) is 26.6. The second-order valence-corrected chi connectivity index (χ2v) is 3.93. The van der Waals surface area contributed by atoms with Crippen molar-refractivity contribution in [1.29, 1.82) is 0 Å². The van der Waals surface area contributed by atoms with Crippen molar-refractivity contribution in [3.63, 3.8) is 0 Å². The summed E-state index contributed by atoms with van der Waals surface area (Å²) in [5.74, 6) is -2.06. The summed E-state index contributed by atoms with van der Waals surface area (Å²) in [5.41, 5.74) is 5.69. The van der Waals surface area contributed by atoms with Crippen molar-refractivity contribution in [3.8, 4) is 5.75 Å². The number of aromatic carboxylic acids is 1. The number of anilines is 2. The molecule has 7 nitrogen and oxygen atoms in total. The van der Waals surface area contributed by atoms with E-state index < -0.39 is 11.9 Å². The molecular weight excluding hydrogens is 262 g/mol. The molecule has 2 aromatic rings. The fraction of sp³-hybridized carbons (Fsp3) is 0. The SMILES string of the molecule is Nc1cccnc1C(=O)Nc1cc(C(=O)O)ccc1O. The van der Waals surface area contributed by atoms with Crippen LogP contribution < -0.4 is 11.1 Å². The summed E-state index contributed by atoms with van der Waals surface area (Å²) in [6.45, 7) is 0. The topological polar surface area (TPSA) is 126 Å². The van der Waals surface area contributed by atoms with Crippen LogP contribution in [0.15, 0.2) is 36.5 Å². The minimum Gasteiger partial charge on any atom is -0.506 e. The highest BCUT2D eigenvalue weighted by molar-refractivity contribution is 6.07. The number of nitrogens with two attached hydrogens (primary N) is 1. The Morgan fingerprint density at radius 1 is 1.25 bits per heavy atom. The van der Waals surface area contributed by atoms with Gasteiger partial charge in [-0.25, -0.2) is 9.78 Å². The van der Waals surface area contributed by atoms with Gasteiger partial charge in [-0.15, -0.1) is 0 Å². The molecule has 5 N–H and O–H groups in total. The number of pyridine rings is 1. The van der Waals surface area contributed by atoms with Crippen molar-refractivity contribution in [2.45, 2.75) is 0 Å². The fourth-order valence-electron chi connectivity index (χ4n) is 1.56. The number of amides is 1. The van der Waals surface area contributed by atoms with Gasteiger partial charge in [-0.3, -0.25) is 4.79 Å². The van der Waals surface area contributed by atoms with Crippen LogP contribution in [0.4, 0.5) is 11.4 Å². The molecule has 0 saturated carbocycles. The standard InChI is InChI=1S/C13H11N3O4/c14-8-2-1-5-15-11(8)12(18)16-9-6-7(13(19)20)3-4-10(9)17/h1-6,17H,14H2,(H,16,18)(H,19,20). The van der Waals surface area contributed by atoms with Gasteiger partial charge in [0.1, 0.15) is 5.75 Å². The quantitative estimate of drug-likeness (QED) is 0.625. The normalized spacial score (nSPS) is 10.0. The third kappa shape index (κ3) is 2.66. The number of hydrogen-bond acceptors (Lipinski definition) is 5. The molecular formula is C13H11N3O4. The maximum Gasteiger partial charge on any atom is 0.335 e. The molecule has 0 spiro atoms. The number of benzene rings is 1. The zero-order chi connectivity index (χ0) is 14.7. The van der Waals surface area contributed by atoms with Crippen LogP contribution in [0.2, 0.25) is 0 Å². The number of aromatic nitrogens is 1. The third-order valence-corrected chi connectivity index (χ3v) is 2.55. The number of carboxylic acids is 1. The van der Waals surface area contributed by atoms with Crippen molar-refractivity contribution in [3.05, 3.63) is 47.8 Å². The van der Waals surface area contributed by atoms with Gasteiger partial charge < -0.3 is 21.3 Å². The molecule has 0 fully saturated rings. The predicted octanol–water partition coefficient (Wildman–Crippen LogP) is 1.32. The Morgan fingerprint density at radius 2 is 2.00 bits per heavy atom. The first-order valence-electron chi connectivity index (χ1n) is 5.57. The number of phenols is 1. The molecule has 1 aromatic carbocycles. The number of nitrogens with zero attached hydrogens (tertiary/aromatic N) is 1. The maximum absolute atomic E-state index is 12.0. The summed E-state index contributed by atoms with van der Waals surface area (Å²) in [6, 6.07) is 6.64. The molecule has 0 aliphatic carbocycles. The van der Waals surface area contributed by atoms with Crippen LogP contribution in [-0.4, -0.2) is 27.1 Å². The Morgan fingerprint density at radius 3 is 2.65 bits per heavy atom. The predicted molar refractivity (Wildman–Crippen MR) is 71.7 cm³/mol. The van der Waals surface area contributed by atoms with Gasteiger partial charge in [-0.2, -0.15) is 0 Å². The van der Waals surface area contributed by atoms with E-state index in [1.807, 2.05) is 0 Å². The van der Waals surface area contributed by atoms with Gasteiger partial charge in [0.05, 0.1) is 16.9 Å². The number of nitrogens with one attached hydrogen (secondary N) is 1. The smallest absolute Gasteiger partial charge is 0.335 e. The van der Waals surface area contributed by atoms with Gasteiger partial charge in [0.25, 0.3) is 5.91 Å². The molecule has 0 saturated heterocycles. The third-order valence-electron chi connectivity index (χ3n) is 2.55. The number of hydrogen-bond donors (Lipinski definition) is 4. The van der Waals surface area contributed by atoms with Crippen LogP contribution >= 0.6 is 0 Å². The van der Waals surface area contributed by atoms with Gasteiger partial charge in [0, 0.05) is 6.20 Å². The molecule has 0 atom stereocenters. The van der Waals surface area contributed by atoms with E-state index in [0.717, 1.165) is 6.07 Å². The zero-order valence-corrected chi connectivity index (χ0v) is 10.2. The highest BCUT2D eigenvalue weighted by Crippen LogP contribution is 2.25. The van der Waals surface area contributed by atoms with E-state index in [9.17, 15) is 14.7 Å². The van der Waals surface area contributed by atoms with Gasteiger partial charge in [-0.1, -0.05) is 0 Å². The molecule has 20 heavy (non-hydrogen) atoms. The van der Waals surface area contributed by atoms with E-state index in [4.69, 9.17) is 10.8 Å². The van der Waals surface area contributed by atoms with Crippen molar-refractivity contribution >= 4 is 23.3 Å². The van der Waals surface area contributed by atoms with Crippen LogP contribution in [0, 0.1) is 0 Å². The number of carbonyl (C=O) groups is 2. The van der Waals surface area contributed by atoms with E-state index in [2.05, 4.69) is 10.3 Å². The van der Waals surface area contributed by atoms with Crippen molar-refractivity contribution < 1.29 is 19.8 Å². The first-order valence-corrected chi connectivity index (χ1v) is 5.57. The van der Waals surface area contributed by atoms with Gasteiger partial charge in [-0.05, 0) is 30.3 Å². The summed E-state index contributed by atoms with van der Waals surface area (Å²) in [6.07, 6.45) is 1.40. The van der Waals surface area contributed by atoms with Crippen LogP contribution in [-0.2, 0) is 0 Å². The molecule has 2 rings (SSSR count). The van der Waals surface area contributed by atoms with E-state index >= 15 is 0 Å². The van der Waals surface area contributed by atoms with Gasteiger partial charge in [0.15, 0.2) is 5.69 Å². The summed E-state index contributed by atoms with van der Waals surface area (Å²) in [5, 5.41) is 20.9. The maximum atomic E-state index is 12.0. The van der Waals surface area contributed by atoms with E-state index in [1.165, 1.54) is 24.4 Å². The average Bonchev–Trinajstić information content (AvgIpc) is 2.41. The minimum absolute atomic E-state index is 0.00683. The molecule has 1 aromatic heterocycles. The lowest BCUT2D eigenvalue weighted by atomic mass is 10.2. The van der Waals surface area contributed by atoms with Crippen molar-refractivity contribution in [2.75, 3.05) is 11.1 Å². The zero-order valence-electron chi connectivity index (χ0n) is 10.2. The largest absolute Gasteiger partial charge is 0.506 e. The molecule has 0 aliphatic heterocycles. The first-order chi connectivity index (χ1) is 9.49. The van der Waals surface area contributed by atoms with E-state index in [-0.39, 0.29) is 28.4 Å². The Balaban J connectivity index is 2.30. The lowest BCUT2D eigenvalue weighted by Crippen LogP contribution is -2.16. The lowest BCUT2D eigenvalue weighted by molar-refractivity contribution is 0.0696. The number of rotatable bonds is 3. The Bertz CT molecular complexity index is 685. The molecule has 0 bridgehead atoms. The average molecular weight is 273 g/mol. The fourth-order valence-corrected chi connectivity index (χ4v) is 1.56. The van der Waals surface area contributed by atoms with Gasteiger partial charge >= 0.3 is 5.97 Å². The van der Waals surface area contributed by atoms with Crippen molar-refractivity contribution in [1.82, 2.24) is 4.98 Å². The molecule has 1 heterocycles. The van der Waals surface area contributed by atoms with E-state index in [1.54, 1.807) is 6.07 Å². The number of aromatic hydroxyl groups is 1. The number of carbonyl (C=O) groups excluding carboxylic acids is 1. The highest BCUT2D eigenvalue weighted by Gasteiger charge is 2.14. The van der Waals surface area contributed by atoms with Gasteiger partial charge in [0.2, 0.25) is 0 Å². The Hall–Kier alpha value is -3.09. The minimum atomic E-state index is -1.17. The monoisotopic (exact) mass is 273 g/mol. The van der Waals surface area contributed by atoms with Crippen LogP contribution in [0.25, 0.3) is 0 Å². The molecule has 1 amide bonds. The number of phenolic OH excluding ortho intramolecular Hbond substituents is 1. The van der Waals surface area contributed by atoms with Crippen LogP contribution in [0.5, 0.6) is 5.75 Å². The molecule has 0 radical (unpaired) electrons. The van der Waals surface area contributed by atoms with Crippen molar-refractivity contribution in [2.24, 2.45) is 0 Å². The lowest BCUT2D eigenvalue weighted by Gasteiger charge is -2.09. The molecule has 0 aliphatic rings. The number of carboxylic acid groups (broad SMARTS) is 1. The van der Waals surface area contributed by atoms with Crippen LogP contribution in [0.1, 0.15) is 20.8 Å². The molecule has 7 heteroatoms. The highest BCUT2D eigenvalue weighted by atomic mass is 16.4. The summed E-state index contributed by atoms with van der Waals surface area (Å²) >= 11 is 0. The Kier molecular flexibility index (Phi) is 3.52. The van der Waals surface area contributed by atoms with Crippen LogP contribution in [0.3, 0.4) is 0 Å².